The molecular formula is C16H21N5O3. The van der Waals surface area contributed by atoms with E-state index in [0.29, 0.717) is 24.9 Å². The minimum absolute atomic E-state index is 0.155. The topological polar surface area (TPSA) is 94.1 Å². The number of hydrogen-bond donors (Lipinski definition) is 0. The summed E-state index contributed by atoms with van der Waals surface area (Å²) in [7, 11) is 1.53. The average molecular weight is 331 g/mol. The first kappa shape index (κ1) is 16.4. The van der Waals surface area contributed by atoms with Gasteiger partial charge in [0.25, 0.3) is 11.5 Å². The van der Waals surface area contributed by atoms with Crippen molar-refractivity contribution in [3.05, 3.63) is 40.0 Å². The van der Waals surface area contributed by atoms with Crippen molar-refractivity contribution in [2.45, 2.75) is 38.5 Å². The molecule has 0 radical (unpaired) electrons. The molecule has 0 aromatic carbocycles. The highest BCUT2D eigenvalue weighted by Crippen LogP contribution is 2.28. The summed E-state index contributed by atoms with van der Waals surface area (Å²) in [6.07, 6.45) is 1.55. The fraction of sp³-hybridized carbons (Fsp3) is 0.562. The molecule has 24 heavy (non-hydrogen) atoms. The minimum atomic E-state index is -0.234. The SMILES string of the molecule is CC(C)c1nnc(C2CCN(C(=O)c3ccc(=O)n(C)n3)CC2)o1. The molecule has 128 valence electrons. The van der Waals surface area contributed by atoms with Crippen LogP contribution in [0.1, 0.15) is 60.8 Å². The van der Waals surface area contributed by atoms with E-state index in [-0.39, 0.29) is 29.0 Å². The maximum atomic E-state index is 12.5. The smallest absolute Gasteiger partial charge is 0.274 e. The third kappa shape index (κ3) is 3.22. The van der Waals surface area contributed by atoms with Gasteiger partial charge in [-0.05, 0) is 18.9 Å². The number of piperidine rings is 1. The second kappa shape index (κ2) is 6.54. The van der Waals surface area contributed by atoms with Gasteiger partial charge in [-0.25, -0.2) is 4.68 Å². The summed E-state index contributed by atoms with van der Waals surface area (Å²) in [6.45, 7) is 5.23. The van der Waals surface area contributed by atoms with Crippen molar-refractivity contribution in [3.8, 4) is 0 Å². The van der Waals surface area contributed by atoms with E-state index < -0.39 is 0 Å². The molecule has 2 aromatic heterocycles. The Morgan fingerprint density at radius 3 is 2.54 bits per heavy atom. The largest absolute Gasteiger partial charge is 0.425 e. The second-order valence-corrected chi connectivity index (χ2v) is 6.38. The number of hydrogen-bond acceptors (Lipinski definition) is 6. The number of likely N-dealkylation sites (tertiary alicyclic amines) is 1. The van der Waals surface area contributed by atoms with Crippen LogP contribution in [0.15, 0.2) is 21.3 Å². The zero-order valence-electron chi connectivity index (χ0n) is 14.1. The first-order chi connectivity index (χ1) is 11.5. The minimum Gasteiger partial charge on any atom is -0.425 e. The van der Waals surface area contributed by atoms with E-state index in [4.69, 9.17) is 4.42 Å². The third-order valence-corrected chi connectivity index (χ3v) is 4.26. The van der Waals surface area contributed by atoms with E-state index in [2.05, 4.69) is 15.3 Å². The highest BCUT2D eigenvalue weighted by molar-refractivity contribution is 5.92. The molecule has 1 saturated heterocycles. The molecule has 1 fully saturated rings. The fourth-order valence-electron chi connectivity index (χ4n) is 2.75. The van der Waals surface area contributed by atoms with Gasteiger partial charge in [0.05, 0.1) is 0 Å². The molecule has 0 N–H and O–H groups in total. The van der Waals surface area contributed by atoms with Gasteiger partial charge in [-0.2, -0.15) is 5.10 Å². The Morgan fingerprint density at radius 1 is 1.25 bits per heavy atom. The summed E-state index contributed by atoms with van der Waals surface area (Å²) < 4.78 is 6.89. The van der Waals surface area contributed by atoms with E-state index in [1.807, 2.05) is 13.8 Å². The zero-order chi connectivity index (χ0) is 17.3. The van der Waals surface area contributed by atoms with Crippen LogP contribution in [0.25, 0.3) is 0 Å². The zero-order valence-corrected chi connectivity index (χ0v) is 14.1. The van der Waals surface area contributed by atoms with Crippen molar-refractivity contribution in [1.82, 2.24) is 24.9 Å². The van der Waals surface area contributed by atoms with Gasteiger partial charge in [0.1, 0.15) is 5.69 Å². The lowest BCUT2D eigenvalue weighted by molar-refractivity contribution is 0.0697. The number of amides is 1. The van der Waals surface area contributed by atoms with E-state index in [1.54, 1.807) is 4.90 Å². The third-order valence-electron chi connectivity index (χ3n) is 4.26. The van der Waals surface area contributed by atoms with Gasteiger partial charge in [-0.1, -0.05) is 13.8 Å². The molecule has 8 nitrogen and oxygen atoms in total. The lowest BCUT2D eigenvalue weighted by Crippen LogP contribution is -2.39. The maximum Gasteiger partial charge on any atom is 0.274 e. The Kier molecular flexibility index (Phi) is 4.46. The molecule has 0 atom stereocenters. The van der Waals surface area contributed by atoms with Gasteiger partial charge < -0.3 is 9.32 Å². The Labute approximate surface area is 139 Å². The van der Waals surface area contributed by atoms with Gasteiger partial charge in [0, 0.05) is 38.0 Å². The molecule has 2 aromatic rings. The number of carbonyl (C=O) groups is 1. The molecule has 0 unspecified atom stereocenters. The van der Waals surface area contributed by atoms with Gasteiger partial charge in [0.15, 0.2) is 0 Å². The van der Waals surface area contributed by atoms with Crippen molar-refractivity contribution >= 4 is 5.91 Å². The van der Waals surface area contributed by atoms with Gasteiger partial charge in [0.2, 0.25) is 11.8 Å². The molecule has 1 aliphatic heterocycles. The Balaban J connectivity index is 1.64. The molecule has 0 aliphatic carbocycles. The normalized spacial score (nSPS) is 15.9. The average Bonchev–Trinajstić information content (AvgIpc) is 3.07. The summed E-state index contributed by atoms with van der Waals surface area (Å²) in [6, 6.07) is 2.84. The van der Waals surface area contributed by atoms with E-state index >= 15 is 0 Å². The molecule has 3 rings (SSSR count). The number of aryl methyl sites for hydroxylation is 1. The molecule has 8 heteroatoms. The van der Waals surface area contributed by atoms with Crippen LogP contribution < -0.4 is 5.56 Å². The summed E-state index contributed by atoms with van der Waals surface area (Å²) in [5.41, 5.74) is 0.0537. The number of rotatable bonds is 3. The molecule has 0 bridgehead atoms. The summed E-state index contributed by atoms with van der Waals surface area (Å²) in [5, 5.41) is 12.2. The molecule has 0 spiro atoms. The highest BCUT2D eigenvalue weighted by Gasteiger charge is 2.28. The van der Waals surface area contributed by atoms with Crippen molar-refractivity contribution < 1.29 is 9.21 Å². The van der Waals surface area contributed by atoms with Gasteiger partial charge >= 0.3 is 0 Å². The lowest BCUT2D eigenvalue weighted by Gasteiger charge is -2.30. The van der Waals surface area contributed by atoms with E-state index in [9.17, 15) is 9.59 Å². The Bertz CT molecular complexity index is 787. The molecule has 1 aliphatic rings. The predicted molar refractivity (Wildman–Crippen MR) is 85.7 cm³/mol. The van der Waals surface area contributed by atoms with Gasteiger partial charge in [-0.15, -0.1) is 10.2 Å². The number of aromatic nitrogens is 4. The lowest BCUT2D eigenvalue weighted by atomic mass is 9.96. The van der Waals surface area contributed by atoms with Crippen LogP contribution >= 0.6 is 0 Å². The van der Waals surface area contributed by atoms with Gasteiger partial charge in [-0.3, -0.25) is 9.59 Å². The molecule has 3 heterocycles. The number of nitrogens with zero attached hydrogens (tertiary/aromatic N) is 5. The molecular weight excluding hydrogens is 310 g/mol. The van der Waals surface area contributed by atoms with Crippen LogP contribution in [0.3, 0.4) is 0 Å². The fourth-order valence-corrected chi connectivity index (χ4v) is 2.75. The van der Waals surface area contributed by atoms with Crippen LogP contribution in [0.2, 0.25) is 0 Å². The molecule has 0 saturated carbocycles. The van der Waals surface area contributed by atoms with E-state index in [0.717, 1.165) is 12.8 Å². The Morgan fingerprint density at radius 2 is 1.96 bits per heavy atom. The van der Waals surface area contributed by atoms with Crippen LogP contribution in [-0.4, -0.2) is 43.9 Å². The summed E-state index contributed by atoms with van der Waals surface area (Å²) in [5.74, 6) is 1.55. The number of carbonyl (C=O) groups excluding carboxylic acids is 1. The predicted octanol–water partition coefficient (Wildman–Crippen LogP) is 1.31. The van der Waals surface area contributed by atoms with Crippen LogP contribution in [0.4, 0.5) is 0 Å². The first-order valence-corrected chi connectivity index (χ1v) is 8.12. The van der Waals surface area contributed by atoms with Crippen LogP contribution in [0.5, 0.6) is 0 Å². The maximum absolute atomic E-state index is 12.5. The summed E-state index contributed by atoms with van der Waals surface area (Å²) >= 11 is 0. The van der Waals surface area contributed by atoms with Crippen molar-refractivity contribution in [2.75, 3.05) is 13.1 Å². The first-order valence-electron chi connectivity index (χ1n) is 8.12. The van der Waals surface area contributed by atoms with E-state index in [1.165, 1.54) is 23.9 Å². The van der Waals surface area contributed by atoms with Crippen LogP contribution in [0, 0.1) is 0 Å². The highest BCUT2D eigenvalue weighted by atomic mass is 16.4. The van der Waals surface area contributed by atoms with Crippen molar-refractivity contribution in [2.24, 2.45) is 7.05 Å². The monoisotopic (exact) mass is 331 g/mol. The van der Waals surface area contributed by atoms with Crippen molar-refractivity contribution in [3.63, 3.8) is 0 Å². The second-order valence-electron chi connectivity index (χ2n) is 6.38. The standard InChI is InChI=1S/C16H21N5O3/c1-10(2)14-17-18-15(24-14)11-6-8-21(9-7-11)16(23)12-4-5-13(22)20(3)19-12/h4-5,10-11H,6-9H2,1-3H3. The Hall–Kier alpha value is -2.51. The quantitative estimate of drug-likeness (QED) is 0.841. The summed E-state index contributed by atoms with van der Waals surface area (Å²) in [4.78, 5) is 25.6. The molecule has 1 amide bonds. The van der Waals surface area contributed by atoms with Crippen LogP contribution in [-0.2, 0) is 7.05 Å². The van der Waals surface area contributed by atoms with Crippen molar-refractivity contribution in [1.29, 1.82) is 0 Å².